The number of nitrogens with one attached hydrogen (secondary N) is 1. The van der Waals surface area contributed by atoms with Crippen molar-refractivity contribution in [3.05, 3.63) is 0 Å². The van der Waals surface area contributed by atoms with E-state index in [0.717, 1.165) is 25.9 Å². The fourth-order valence-corrected chi connectivity index (χ4v) is 2.15. The Bertz CT molecular complexity index is 197. The van der Waals surface area contributed by atoms with E-state index in [1.54, 1.807) is 0 Å². The van der Waals surface area contributed by atoms with Crippen molar-refractivity contribution in [2.24, 2.45) is 5.84 Å². The third-order valence-electron chi connectivity index (χ3n) is 3.00. The van der Waals surface area contributed by atoms with Crippen LogP contribution in [0.25, 0.3) is 0 Å². The first-order chi connectivity index (χ1) is 7.27. The maximum Gasteiger partial charge on any atom is 0.235 e. The molecule has 4 N–H and O–H groups in total. The number of carbonyl (C=O) groups excluding carboxylic acids is 1. The van der Waals surface area contributed by atoms with E-state index < -0.39 is 0 Å². The molecule has 1 heterocycles. The van der Waals surface area contributed by atoms with Crippen molar-refractivity contribution >= 4 is 5.91 Å². The summed E-state index contributed by atoms with van der Waals surface area (Å²) < 4.78 is 0. The van der Waals surface area contributed by atoms with Crippen LogP contribution < -0.4 is 11.3 Å². The fourth-order valence-electron chi connectivity index (χ4n) is 2.15. The van der Waals surface area contributed by atoms with E-state index in [2.05, 4.69) is 10.3 Å². The van der Waals surface area contributed by atoms with Gasteiger partial charge in [0.25, 0.3) is 0 Å². The molecule has 0 radical (unpaired) electrons. The lowest BCUT2D eigenvalue weighted by Crippen LogP contribution is -2.42. The summed E-state index contributed by atoms with van der Waals surface area (Å²) >= 11 is 0. The molecule has 1 saturated heterocycles. The molecular weight excluding hydrogens is 194 g/mol. The quantitative estimate of drug-likeness (QED) is 0.331. The van der Waals surface area contributed by atoms with Crippen molar-refractivity contribution in [1.29, 1.82) is 0 Å². The Morgan fingerprint density at radius 3 is 3.00 bits per heavy atom. The lowest BCUT2D eigenvalue weighted by molar-refractivity contribution is -0.121. The summed E-state index contributed by atoms with van der Waals surface area (Å²) in [7, 11) is 0. The number of hydrazine groups is 1. The highest BCUT2D eigenvalue weighted by Crippen LogP contribution is 2.19. The van der Waals surface area contributed by atoms with Crippen LogP contribution in [0.15, 0.2) is 0 Å². The predicted octanol–water partition coefficient (Wildman–Crippen LogP) is -0.397. The molecule has 88 valence electrons. The number of nitrogens with two attached hydrogens (primary N) is 1. The zero-order valence-corrected chi connectivity index (χ0v) is 9.11. The van der Waals surface area contributed by atoms with Gasteiger partial charge in [-0.2, -0.15) is 0 Å². The summed E-state index contributed by atoms with van der Waals surface area (Å²) in [6, 6.07) is 0.439. The van der Waals surface area contributed by atoms with Crippen molar-refractivity contribution in [3.8, 4) is 0 Å². The molecule has 15 heavy (non-hydrogen) atoms. The van der Waals surface area contributed by atoms with E-state index in [9.17, 15) is 4.79 Å². The molecule has 0 bridgehead atoms. The number of piperidine rings is 1. The van der Waals surface area contributed by atoms with Crippen molar-refractivity contribution < 1.29 is 9.90 Å². The second-order valence-electron chi connectivity index (χ2n) is 4.02. The minimum atomic E-state index is -0.122. The smallest absolute Gasteiger partial charge is 0.235 e. The predicted molar refractivity (Wildman–Crippen MR) is 57.9 cm³/mol. The van der Waals surface area contributed by atoms with Crippen molar-refractivity contribution in [2.75, 3.05) is 19.7 Å². The molecule has 0 aromatic rings. The van der Waals surface area contributed by atoms with Crippen LogP contribution in [-0.4, -0.2) is 41.7 Å². The number of carbonyl (C=O) groups is 1. The summed E-state index contributed by atoms with van der Waals surface area (Å²) in [6.45, 7) is 2.00. The molecule has 1 unspecified atom stereocenters. The minimum absolute atomic E-state index is 0.122. The Morgan fingerprint density at radius 1 is 1.53 bits per heavy atom. The number of aliphatic hydroxyl groups is 1. The summed E-state index contributed by atoms with van der Waals surface area (Å²) in [4.78, 5) is 13.3. The number of nitrogens with zero attached hydrogens (tertiary/aromatic N) is 1. The topological polar surface area (TPSA) is 78.6 Å². The van der Waals surface area contributed by atoms with Crippen molar-refractivity contribution in [3.63, 3.8) is 0 Å². The molecular formula is C10H21N3O2. The number of rotatable bonds is 5. The Morgan fingerprint density at radius 2 is 2.33 bits per heavy atom. The molecule has 1 fully saturated rings. The van der Waals surface area contributed by atoms with Gasteiger partial charge in [-0.25, -0.2) is 5.84 Å². The van der Waals surface area contributed by atoms with E-state index in [1.165, 1.54) is 12.8 Å². The van der Waals surface area contributed by atoms with Crippen LogP contribution in [0.1, 0.15) is 32.1 Å². The number of amides is 1. The lowest BCUT2D eigenvalue weighted by atomic mass is 9.99. The van der Waals surface area contributed by atoms with Gasteiger partial charge in [0, 0.05) is 25.6 Å². The highest BCUT2D eigenvalue weighted by Gasteiger charge is 2.21. The van der Waals surface area contributed by atoms with Crippen LogP contribution >= 0.6 is 0 Å². The van der Waals surface area contributed by atoms with E-state index >= 15 is 0 Å². The normalized spacial score (nSPS) is 22.7. The Labute approximate surface area is 90.6 Å². The molecule has 0 saturated carbocycles. The number of aliphatic hydroxyl groups excluding tert-OH is 1. The first kappa shape index (κ1) is 12.4. The Hall–Kier alpha value is -0.650. The van der Waals surface area contributed by atoms with E-state index in [1.807, 2.05) is 0 Å². The molecule has 1 aliphatic rings. The zero-order chi connectivity index (χ0) is 11.1. The van der Waals surface area contributed by atoms with Gasteiger partial charge >= 0.3 is 0 Å². The molecule has 1 rings (SSSR count). The third kappa shape index (κ3) is 4.15. The number of likely N-dealkylation sites (tertiary alicyclic amines) is 1. The van der Waals surface area contributed by atoms with Crippen molar-refractivity contribution in [2.45, 2.75) is 38.1 Å². The summed E-state index contributed by atoms with van der Waals surface area (Å²) in [6.07, 6.45) is 4.80. The van der Waals surface area contributed by atoms with Gasteiger partial charge in [-0.05, 0) is 25.8 Å². The van der Waals surface area contributed by atoms with Gasteiger partial charge in [0.15, 0.2) is 0 Å². The van der Waals surface area contributed by atoms with E-state index in [4.69, 9.17) is 10.9 Å². The van der Waals surface area contributed by atoms with E-state index in [-0.39, 0.29) is 12.5 Å². The van der Waals surface area contributed by atoms with Gasteiger partial charge in [-0.1, -0.05) is 6.42 Å². The fraction of sp³-hybridized carbons (Fsp3) is 0.900. The van der Waals surface area contributed by atoms with Gasteiger partial charge < -0.3 is 5.11 Å². The van der Waals surface area contributed by atoms with Crippen LogP contribution in [0, 0.1) is 0 Å². The van der Waals surface area contributed by atoms with Gasteiger partial charge in [-0.3, -0.25) is 15.1 Å². The molecule has 0 aromatic carbocycles. The molecule has 5 heteroatoms. The monoisotopic (exact) mass is 215 g/mol. The molecule has 1 amide bonds. The largest absolute Gasteiger partial charge is 0.396 e. The van der Waals surface area contributed by atoms with E-state index in [0.29, 0.717) is 12.5 Å². The van der Waals surface area contributed by atoms with Crippen molar-refractivity contribution in [1.82, 2.24) is 10.3 Å². The zero-order valence-electron chi connectivity index (χ0n) is 9.11. The lowest BCUT2D eigenvalue weighted by Gasteiger charge is -2.35. The summed E-state index contributed by atoms with van der Waals surface area (Å²) in [5, 5.41) is 8.93. The third-order valence-corrected chi connectivity index (χ3v) is 3.00. The first-order valence-corrected chi connectivity index (χ1v) is 5.62. The average molecular weight is 215 g/mol. The minimum Gasteiger partial charge on any atom is -0.396 e. The average Bonchev–Trinajstić information content (AvgIpc) is 2.28. The standard InChI is InChI=1S/C10H21N3O2/c11-12-10(15)4-7-13-6-2-1-3-9(13)5-8-14/h9,14H,1-8,11H2,(H,12,15). The maximum atomic E-state index is 11.0. The SMILES string of the molecule is NNC(=O)CCN1CCCCC1CCO. The molecule has 0 spiro atoms. The molecule has 1 aliphatic heterocycles. The highest BCUT2D eigenvalue weighted by molar-refractivity contribution is 5.75. The number of hydrogen-bond acceptors (Lipinski definition) is 4. The summed E-state index contributed by atoms with van der Waals surface area (Å²) in [5.41, 5.74) is 2.14. The second kappa shape index (κ2) is 6.76. The number of hydrogen-bond donors (Lipinski definition) is 3. The second-order valence-corrected chi connectivity index (χ2v) is 4.02. The van der Waals surface area contributed by atoms with Crippen LogP contribution in [0.3, 0.4) is 0 Å². The Kier molecular flexibility index (Phi) is 5.60. The molecule has 5 nitrogen and oxygen atoms in total. The van der Waals surface area contributed by atoms with Gasteiger partial charge in [0.2, 0.25) is 5.91 Å². The molecule has 0 aliphatic carbocycles. The molecule has 1 atom stereocenters. The summed E-state index contributed by atoms with van der Waals surface area (Å²) in [5.74, 6) is 4.90. The van der Waals surface area contributed by atoms with Gasteiger partial charge in [0.05, 0.1) is 0 Å². The van der Waals surface area contributed by atoms with Crippen LogP contribution in [0.5, 0.6) is 0 Å². The maximum absolute atomic E-state index is 11.0. The highest BCUT2D eigenvalue weighted by atomic mass is 16.3. The van der Waals surface area contributed by atoms with Crippen LogP contribution in [0.2, 0.25) is 0 Å². The molecule has 0 aromatic heterocycles. The van der Waals surface area contributed by atoms with Crippen LogP contribution in [-0.2, 0) is 4.79 Å². The van der Waals surface area contributed by atoms with Gasteiger partial charge in [-0.15, -0.1) is 0 Å². The Balaban J connectivity index is 2.32. The first-order valence-electron chi connectivity index (χ1n) is 5.62. The van der Waals surface area contributed by atoms with Gasteiger partial charge in [0.1, 0.15) is 0 Å². The van der Waals surface area contributed by atoms with Crippen LogP contribution in [0.4, 0.5) is 0 Å².